The van der Waals surface area contributed by atoms with Crippen molar-refractivity contribution in [2.24, 2.45) is 0 Å². The molecule has 0 fully saturated rings. The quantitative estimate of drug-likeness (QED) is 0.166. The summed E-state index contributed by atoms with van der Waals surface area (Å²) in [6, 6.07) is 52.3. The molecule has 0 saturated carbocycles. The second-order valence-corrected chi connectivity index (χ2v) is 11.7. The molecule has 44 heavy (non-hydrogen) atoms. The van der Waals surface area contributed by atoms with E-state index in [1.807, 2.05) is 0 Å². The molecule has 6 heteroatoms. The Morgan fingerprint density at radius 3 is 0.864 bits per heavy atom. The van der Waals surface area contributed by atoms with Gasteiger partial charge >= 0.3 is 14.0 Å². The van der Waals surface area contributed by atoms with Crippen LogP contribution < -0.4 is 31.8 Å². The van der Waals surface area contributed by atoms with Gasteiger partial charge in [-0.25, -0.2) is 0 Å². The normalized spacial score (nSPS) is 13.2. The van der Waals surface area contributed by atoms with Crippen molar-refractivity contribution in [2.75, 3.05) is 20.9 Å². The molecule has 0 radical (unpaired) electrons. The van der Waals surface area contributed by atoms with Crippen LogP contribution >= 0.6 is 0 Å². The highest BCUT2D eigenvalue weighted by atomic mass is 15.0. The maximum absolute atomic E-state index is 3.68. The summed E-state index contributed by atoms with van der Waals surface area (Å²) in [5.74, 6) is 0. The molecule has 0 spiro atoms. The van der Waals surface area contributed by atoms with Crippen molar-refractivity contribution < 1.29 is 0 Å². The fraction of sp³-hybridized carbons (Fsp3) is 0. The molecule has 4 nitrogen and oxygen atoms in total. The second-order valence-electron chi connectivity index (χ2n) is 11.7. The third kappa shape index (κ3) is 4.18. The number of rotatable bonds is 4. The molecule has 2 aliphatic rings. The summed E-state index contributed by atoms with van der Waals surface area (Å²) in [5, 5.41) is 19.7. The Hall–Kier alpha value is -5.61. The summed E-state index contributed by atoms with van der Waals surface area (Å²) in [4.78, 5) is 0. The lowest BCUT2D eigenvalue weighted by Gasteiger charge is -2.27. The van der Waals surface area contributed by atoms with E-state index in [1.165, 1.54) is 77.5 Å². The molecule has 4 N–H and O–H groups in total. The van der Waals surface area contributed by atoms with E-state index in [1.54, 1.807) is 0 Å². The molecule has 0 unspecified atom stereocenters. The number of hydrogen-bond donors (Lipinski definition) is 4. The lowest BCUT2D eigenvalue weighted by atomic mass is 9.66. The van der Waals surface area contributed by atoms with E-state index >= 15 is 0 Å². The van der Waals surface area contributed by atoms with Crippen molar-refractivity contribution in [1.29, 1.82) is 0 Å². The van der Waals surface area contributed by atoms with Gasteiger partial charge in [0.2, 0.25) is 0 Å². The molecule has 0 amide bonds. The molecule has 0 aliphatic carbocycles. The van der Waals surface area contributed by atoms with Gasteiger partial charge in [0.15, 0.2) is 0 Å². The van der Waals surface area contributed by atoms with Crippen LogP contribution in [-0.4, -0.2) is 14.0 Å². The Balaban J connectivity index is 0.907. The van der Waals surface area contributed by atoms with Crippen LogP contribution in [0.15, 0.2) is 146 Å². The Morgan fingerprint density at radius 2 is 0.568 bits per heavy atom. The van der Waals surface area contributed by atoms with E-state index in [9.17, 15) is 0 Å². The molecule has 0 atom stereocenters. The van der Waals surface area contributed by atoms with Gasteiger partial charge in [-0.2, -0.15) is 0 Å². The van der Waals surface area contributed by atoms with Crippen LogP contribution in [-0.2, 0) is 0 Å². The summed E-state index contributed by atoms with van der Waals surface area (Å²) in [6.45, 7) is 0.0507. The third-order valence-corrected chi connectivity index (χ3v) is 9.05. The van der Waals surface area contributed by atoms with E-state index in [2.05, 4.69) is 167 Å². The van der Waals surface area contributed by atoms with Crippen molar-refractivity contribution in [3.8, 4) is 22.3 Å². The van der Waals surface area contributed by atoms with E-state index in [-0.39, 0.29) is 14.0 Å². The molecule has 7 aromatic rings. The summed E-state index contributed by atoms with van der Waals surface area (Å²) in [7, 11) is 0. The summed E-state index contributed by atoms with van der Waals surface area (Å²) in [6.07, 6.45) is 0. The van der Waals surface area contributed by atoms with Gasteiger partial charge in [0.1, 0.15) is 0 Å². The van der Waals surface area contributed by atoms with Crippen molar-refractivity contribution in [1.82, 2.24) is 0 Å². The zero-order chi connectivity index (χ0) is 29.0. The highest BCUT2D eigenvalue weighted by molar-refractivity contribution is 6.80. The van der Waals surface area contributed by atoms with Gasteiger partial charge in [-0.3, -0.25) is 0 Å². The summed E-state index contributed by atoms with van der Waals surface area (Å²) >= 11 is 0. The van der Waals surface area contributed by atoms with Crippen molar-refractivity contribution in [3.05, 3.63) is 146 Å². The van der Waals surface area contributed by atoms with Gasteiger partial charge in [0.25, 0.3) is 0 Å². The van der Waals surface area contributed by atoms with Crippen LogP contribution in [0, 0.1) is 0 Å². The van der Waals surface area contributed by atoms with Crippen LogP contribution in [0.1, 0.15) is 0 Å². The van der Waals surface area contributed by atoms with Gasteiger partial charge in [-0.15, -0.1) is 0 Å². The largest absolute Gasteiger partial charge is 0.406 e. The molecule has 2 aliphatic heterocycles. The first-order valence-corrected chi connectivity index (χ1v) is 15.2. The minimum atomic E-state index is 0.0253. The van der Waals surface area contributed by atoms with Crippen LogP contribution in [0.2, 0.25) is 0 Å². The summed E-state index contributed by atoms with van der Waals surface area (Å²) in [5.41, 5.74) is 11.9. The number of benzene rings is 7. The van der Waals surface area contributed by atoms with Gasteiger partial charge in [-0.05, 0) is 68.2 Å². The molecule has 7 aromatic carbocycles. The number of hydrogen-bond acceptors (Lipinski definition) is 4. The molecule has 2 heterocycles. The molecule has 206 valence electrons. The molecular weight excluding hydrogens is 534 g/mol. The van der Waals surface area contributed by atoms with Gasteiger partial charge < -0.3 is 20.9 Å². The third-order valence-electron chi connectivity index (χ3n) is 9.05. The van der Waals surface area contributed by atoms with Gasteiger partial charge in [0, 0.05) is 33.5 Å². The second kappa shape index (κ2) is 9.99. The molecular formula is C38H28B2N4. The zero-order valence-electron chi connectivity index (χ0n) is 24.0. The maximum Gasteiger partial charge on any atom is 0.406 e. The van der Waals surface area contributed by atoms with E-state index in [0.29, 0.717) is 0 Å². The zero-order valence-corrected chi connectivity index (χ0v) is 24.0. The fourth-order valence-electron chi connectivity index (χ4n) is 6.78. The Kier molecular flexibility index (Phi) is 5.66. The van der Waals surface area contributed by atoms with Crippen LogP contribution in [0.4, 0.5) is 22.7 Å². The number of nitrogens with one attached hydrogen (secondary N) is 4. The molecule has 0 saturated heterocycles. The van der Waals surface area contributed by atoms with Crippen molar-refractivity contribution in [2.45, 2.75) is 0 Å². The van der Waals surface area contributed by atoms with Crippen LogP contribution in [0.25, 0.3) is 43.8 Å². The van der Waals surface area contributed by atoms with E-state index in [4.69, 9.17) is 0 Å². The lowest BCUT2D eigenvalue weighted by Crippen LogP contribution is -2.47. The van der Waals surface area contributed by atoms with Gasteiger partial charge in [0.05, 0.1) is 0 Å². The van der Waals surface area contributed by atoms with Gasteiger partial charge in [-0.1, -0.05) is 121 Å². The van der Waals surface area contributed by atoms with Crippen LogP contribution in [0.3, 0.4) is 0 Å². The highest BCUT2D eigenvalue weighted by Gasteiger charge is 2.26. The molecule has 0 bridgehead atoms. The Labute approximate surface area is 257 Å². The SMILES string of the molecule is c1cc2c3c(cccc3c1)NB(c1ccc(-c3ccc(-c4ccc(B5Nc6cccc7cccc(c67)N5)cc4)cc3)cc1)N2. The van der Waals surface area contributed by atoms with E-state index in [0.717, 1.165) is 0 Å². The molecule has 0 aromatic heterocycles. The average molecular weight is 562 g/mol. The fourth-order valence-corrected chi connectivity index (χ4v) is 6.78. The first kappa shape index (κ1) is 24.9. The minimum Gasteiger partial charge on any atom is -0.405 e. The Bertz CT molecular complexity index is 1940. The topological polar surface area (TPSA) is 48.1 Å². The number of anilines is 4. The highest BCUT2D eigenvalue weighted by Crippen LogP contribution is 2.35. The first-order chi connectivity index (χ1) is 21.8. The monoisotopic (exact) mass is 562 g/mol. The van der Waals surface area contributed by atoms with Crippen molar-refractivity contribution >= 4 is 69.2 Å². The minimum absolute atomic E-state index is 0.0253. The van der Waals surface area contributed by atoms with Crippen molar-refractivity contribution in [3.63, 3.8) is 0 Å². The lowest BCUT2D eigenvalue weighted by molar-refractivity contribution is 1.58. The predicted octanol–water partition coefficient (Wildman–Crippen LogP) is 7.79. The summed E-state index contributed by atoms with van der Waals surface area (Å²) < 4.78 is 0. The smallest absolute Gasteiger partial charge is 0.405 e. The molecule has 9 rings (SSSR count). The standard InChI is InChI=1S/C38H28B2N4/c1-5-29-6-2-10-34-37(29)33(9-1)41-39(42-34)31-21-17-27(18-22-31)25-13-15-26(16-14-25)28-19-23-32(24-20-28)40-43-35-11-3-7-30-8-4-12-36(44-40)38(30)35/h1-24,41-44H. The maximum atomic E-state index is 3.68. The van der Waals surface area contributed by atoms with E-state index < -0.39 is 0 Å². The average Bonchev–Trinajstić information content (AvgIpc) is 3.09. The van der Waals surface area contributed by atoms with Crippen LogP contribution in [0.5, 0.6) is 0 Å². The predicted molar refractivity (Wildman–Crippen MR) is 190 cm³/mol. The first-order valence-electron chi connectivity index (χ1n) is 15.2. The Morgan fingerprint density at radius 1 is 0.295 bits per heavy atom.